The average Bonchev–Trinajstić information content (AvgIpc) is 2.60. The Kier molecular flexibility index (Phi) is 6.50. The molecular weight excluding hydrogens is 316 g/mol. The Labute approximate surface area is 151 Å². The molecule has 2 rings (SSSR count). The van der Waals surface area contributed by atoms with Crippen molar-refractivity contribution < 1.29 is 19.0 Å². The lowest BCUT2D eigenvalue weighted by Gasteiger charge is -2.38. The van der Waals surface area contributed by atoms with Gasteiger partial charge >= 0.3 is 5.97 Å². The summed E-state index contributed by atoms with van der Waals surface area (Å²) in [6, 6.07) is 7.44. The molecule has 140 valence electrons. The van der Waals surface area contributed by atoms with Crippen LogP contribution in [0.15, 0.2) is 24.3 Å². The van der Waals surface area contributed by atoms with E-state index in [2.05, 4.69) is 20.8 Å². The molecule has 0 radical (unpaired) electrons. The number of benzene rings is 1. The van der Waals surface area contributed by atoms with Gasteiger partial charge in [-0.05, 0) is 43.6 Å². The van der Waals surface area contributed by atoms with Crippen LogP contribution in [0.2, 0.25) is 0 Å². The van der Waals surface area contributed by atoms with E-state index in [-0.39, 0.29) is 12.1 Å². The minimum absolute atomic E-state index is 0.0552. The van der Waals surface area contributed by atoms with Crippen LogP contribution in [0.25, 0.3) is 0 Å². The second-order valence-corrected chi connectivity index (χ2v) is 7.71. The molecule has 0 bridgehead atoms. The van der Waals surface area contributed by atoms with Crippen molar-refractivity contribution in [3.05, 3.63) is 29.8 Å². The molecule has 0 unspecified atom stereocenters. The molecule has 0 amide bonds. The van der Waals surface area contributed by atoms with Gasteiger partial charge in [-0.25, -0.2) is 4.79 Å². The summed E-state index contributed by atoms with van der Waals surface area (Å²) in [7, 11) is 3.13. The van der Waals surface area contributed by atoms with E-state index in [1.807, 2.05) is 24.3 Å². The Balaban J connectivity index is 2.26. The standard InChI is InChI=1S/C21H32O4/c1-14(2)16-12-11-15(3)13-19(16)25-20(22)21(4,24-6)17-9-7-8-10-18(17)23-5/h7-10,14-16,19H,11-13H2,1-6H3/t15-,16+,19-,21+/m1/s1. The molecule has 1 aliphatic carbocycles. The van der Waals surface area contributed by atoms with Gasteiger partial charge in [0, 0.05) is 12.7 Å². The SMILES string of the molecule is COc1ccccc1[C@](C)(OC)C(=O)O[C@@H]1C[C@H](C)CC[C@H]1C(C)C. The first-order valence-corrected chi connectivity index (χ1v) is 9.23. The summed E-state index contributed by atoms with van der Waals surface area (Å²) >= 11 is 0. The zero-order valence-corrected chi connectivity index (χ0v) is 16.4. The molecular formula is C21H32O4. The highest BCUT2D eigenvalue weighted by atomic mass is 16.6. The van der Waals surface area contributed by atoms with Gasteiger partial charge in [-0.15, -0.1) is 0 Å². The second-order valence-electron chi connectivity index (χ2n) is 7.71. The third-order valence-corrected chi connectivity index (χ3v) is 5.64. The largest absolute Gasteiger partial charge is 0.496 e. The second kappa shape index (κ2) is 8.22. The van der Waals surface area contributed by atoms with Crippen molar-refractivity contribution in [2.75, 3.05) is 14.2 Å². The first-order valence-electron chi connectivity index (χ1n) is 9.23. The molecule has 1 aromatic carbocycles. The molecule has 4 atom stereocenters. The molecule has 0 saturated heterocycles. The zero-order valence-electron chi connectivity index (χ0n) is 16.4. The van der Waals surface area contributed by atoms with Gasteiger partial charge in [0.05, 0.1) is 7.11 Å². The van der Waals surface area contributed by atoms with Crippen molar-refractivity contribution in [3.8, 4) is 5.75 Å². The van der Waals surface area contributed by atoms with Gasteiger partial charge in [-0.3, -0.25) is 0 Å². The zero-order chi connectivity index (χ0) is 18.6. The van der Waals surface area contributed by atoms with E-state index in [0.29, 0.717) is 29.1 Å². The van der Waals surface area contributed by atoms with Crippen LogP contribution in [-0.4, -0.2) is 26.3 Å². The lowest BCUT2D eigenvalue weighted by molar-refractivity contribution is -0.180. The highest BCUT2D eigenvalue weighted by Crippen LogP contribution is 2.38. The van der Waals surface area contributed by atoms with Gasteiger partial charge in [0.2, 0.25) is 0 Å². The van der Waals surface area contributed by atoms with Crippen molar-refractivity contribution in [2.24, 2.45) is 17.8 Å². The third kappa shape index (κ3) is 4.17. The molecule has 1 fully saturated rings. The highest BCUT2D eigenvalue weighted by molar-refractivity contribution is 5.82. The summed E-state index contributed by atoms with van der Waals surface area (Å²) in [6.45, 7) is 8.39. The average molecular weight is 348 g/mol. The predicted molar refractivity (Wildman–Crippen MR) is 98.6 cm³/mol. The lowest BCUT2D eigenvalue weighted by atomic mass is 9.75. The minimum atomic E-state index is -1.19. The van der Waals surface area contributed by atoms with E-state index in [0.717, 1.165) is 12.8 Å². The van der Waals surface area contributed by atoms with Crippen LogP contribution in [-0.2, 0) is 19.9 Å². The van der Waals surface area contributed by atoms with Crippen molar-refractivity contribution in [1.29, 1.82) is 0 Å². The molecule has 0 aliphatic heterocycles. The molecule has 0 spiro atoms. The molecule has 1 aliphatic rings. The number of ether oxygens (including phenoxy) is 3. The predicted octanol–water partition coefficient (Wildman–Crippen LogP) is 4.56. The van der Waals surface area contributed by atoms with E-state index < -0.39 is 5.60 Å². The summed E-state index contributed by atoms with van der Waals surface area (Å²) in [5.74, 6) is 1.75. The van der Waals surface area contributed by atoms with Crippen LogP contribution in [0, 0.1) is 17.8 Å². The maximum Gasteiger partial charge on any atom is 0.343 e. The molecule has 0 aromatic heterocycles. The van der Waals surface area contributed by atoms with Gasteiger partial charge < -0.3 is 14.2 Å². The number of hydrogen-bond donors (Lipinski definition) is 0. The lowest BCUT2D eigenvalue weighted by Crippen LogP contribution is -2.43. The van der Waals surface area contributed by atoms with Crippen molar-refractivity contribution in [3.63, 3.8) is 0 Å². The quantitative estimate of drug-likeness (QED) is 0.707. The Hall–Kier alpha value is -1.55. The Bertz CT molecular complexity index is 583. The van der Waals surface area contributed by atoms with Gasteiger partial charge in [-0.2, -0.15) is 0 Å². The Morgan fingerprint density at radius 2 is 1.88 bits per heavy atom. The van der Waals surface area contributed by atoms with Crippen LogP contribution in [0.3, 0.4) is 0 Å². The maximum atomic E-state index is 13.1. The van der Waals surface area contributed by atoms with E-state index in [9.17, 15) is 4.79 Å². The van der Waals surface area contributed by atoms with E-state index >= 15 is 0 Å². The number of carbonyl (C=O) groups excluding carboxylic acids is 1. The van der Waals surface area contributed by atoms with E-state index in [1.54, 1.807) is 14.0 Å². The Morgan fingerprint density at radius 1 is 1.20 bits per heavy atom. The molecule has 25 heavy (non-hydrogen) atoms. The maximum absolute atomic E-state index is 13.1. The Morgan fingerprint density at radius 3 is 2.48 bits per heavy atom. The van der Waals surface area contributed by atoms with Gasteiger partial charge in [0.15, 0.2) is 5.60 Å². The normalized spacial score (nSPS) is 26.1. The molecule has 1 aromatic rings. The number of para-hydroxylation sites is 1. The first kappa shape index (κ1) is 19.8. The third-order valence-electron chi connectivity index (χ3n) is 5.64. The van der Waals surface area contributed by atoms with E-state index in [4.69, 9.17) is 14.2 Å². The van der Waals surface area contributed by atoms with Crippen LogP contribution in [0.4, 0.5) is 0 Å². The number of esters is 1. The molecule has 1 saturated carbocycles. The summed E-state index contributed by atoms with van der Waals surface area (Å²) in [5.41, 5.74) is -0.496. The van der Waals surface area contributed by atoms with Gasteiger partial charge in [0.1, 0.15) is 11.9 Å². The van der Waals surface area contributed by atoms with Crippen LogP contribution >= 0.6 is 0 Å². The van der Waals surface area contributed by atoms with Crippen molar-refractivity contribution in [2.45, 2.75) is 58.7 Å². The van der Waals surface area contributed by atoms with Crippen LogP contribution in [0.5, 0.6) is 5.75 Å². The molecule has 4 nitrogen and oxygen atoms in total. The molecule has 0 heterocycles. The molecule has 4 heteroatoms. The van der Waals surface area contributed by atoms with Crippen molar-refractivity contribution in [1.82, 2.24) is 0 Å². The fourth-order valence-electron chi connectivity index (χ4n) is 3.84. The number of rotatable bonds is 6. The fraction of sp³-hybridized carbons (Fsp3) is 0.667. The minimum Gasteiger partial charge on any atom is -0.496 e. The molecule has 0 N–H and O–H groups in total. The van der Waals surface area contributed by atoms with Crippen LogP contribution in [0.1, 0.15) is 52.5 Å². The first-order chi connectivity index (χ1) is 11.8. The monoisotopic (exact) mass is 348 g/mol. The number of methoxy groups -OCH3 is 2. The fourth-order valence-corrected chi connectivity index (χ4v) is 3.84. The van der Waals surface area contributed by atoms with E-state index in [1.165, 1.54) is 13.5 Å². The smallest absolute Gasteiger partial charge is 0.343 e. The topological polar surface area (TPSA) is 44.8 Å². The summed E-state index contributed by atoms with van der Waals surface area (Å²) in [6.07, 6.45) is 3.17. The summed E-state index contributed by atoms with van der Waals surface area (Å²) in [5, 5.41) is 0. The van der Waals surface area contributed by atoms with Gasteiger partial charge in [0.25, 0.3) is 0 Å². The van der Waals surface area contributed by atoms with Gasteiger partial charge in [-0.1, -0.05) is 45.4 Å². The summed E-state index contributed by atoms with van der Waals surface area (Å²) in [4.78, 5) is 13.1. The van der Waals surface area contributed by atoms with Crippen molar-refractivity contribution >= 4 is 5.97 Å². The highest BCUT2D eigenvalue weighted by Gasteiger charge is 2.43. The number of hydrogen-bond acceptors (Lipinski definition) is 4. The summed E-state index contributed by atoms with van der Waals surface area (Å²) < 4.78 is 17.1. The number of carbonyl (C=O) groups is 1. The van der Waals surface area contributed by atoms with Crippen LogP contribution < -0.4 is 4.74 Å².